The predicted molar refractivity (Wildman–Crippen MR) is 57.4 cm³/mol. The second-order valence-electron chi connectivity index (χ2n) is 4.39. The molecule has 0 bridgehead atoms. The van der Waals surface area contributed by atoms with E-state index in [9.17, 15) is 5.11 Å². The lowest BCUT2D eigenvalue weighted by Crippen LogP contribution is -2.12. The number of aliphatic hydroxyl groups excluding tert-OH is 1. The molecular weight excluding hydrogens is 190 g/mol. The lowest BCUT2D eigenvalue weighted by atomic mass is 10.1. The van der Waals surface area contributed by atoms with Crippen LogP contribution < -0.4 is 0 Å². The van der Waals surface area contributed by atoms with Crippen LogP contribution in [0.2, 0.25) is 0 Å². The van der Waals surface area contributed by atoms with E-state index in [-0.39, 0.29) is 6.10 Å². The molecule has 1 N–H and O–H groups in total. The van der Waals surface area contributed by atoms with Gasteiger partial charge in [0.25, 0.3) is 0 Å². The van der Waals surface area contributed by atoms with Crippen LogP contribution >= 0.6 is 0 Å². The summed E-state index contributed by atoms with van der Waals surface area (Å²) < 4.78 is 1.94. The molecule has 0 aliphatic heterocycles. The molecule has 4 nitrogen and oxygen atoms in total. The molecule has 1 aliphatic carbocycles. The third-order valence-electron chi connectivity index (χ3n) is 3.00. The van der Waals surface area contributed by atoms with Crippen molar-refractivity contribution in [2.45, 2.75) is 51.7 Å². The first-order valence-corrected chi connectivity index (χ1v) is 5.86. The summed E-state index contributed by atoms with van der Waals surface area (Å²) in [6, 6.07) is 0. The van der Waals surface area contributed by atoms with Crippen molar-refractivity contribution in [3.8, 4) is 0 Å². The van der Waals surface area contributed by atoms with Crippen molar-refractivity contribution in [2.75, 3.05) is 0 Å². The van der Waals surface area contributed by atoms with Gasteiger partial charge in [-0.25, -0.2) is 4.68 Å². The van der Waals surface area contributed by atoms with Crippen molar-refractivity contribution in [1.29, 1.82) is 0 Å². The van der Waals surface area contributed by atoms with Crippen LogP contribution in [0, 0.1) is 5.92 Å². The Hall–Kier alpha value is -0.900. The van der Waals surface area contributed by atoms with Crippen LogP contribution in [-0.4, -0.2) is 26.2 Å². The average molecular weight is 209 g/mol. The summed E-state index contributed by atoms with van der Waals surface area (Å²) in [6.45, 7) is 3.05. The van der Waals surface area contributed by atoms with Gasteiger partial charge in [-0.05, 0) is 38.0 Å². The van der Waals surface area contributed by atoms with Crippen LogP contribution in [0.15, 0.2) is 6.20 Å². The number of hydrogen-bond donors (Lipinski definition) is 1. The van der Waals surface area contributed by atoms with Crippen LogP contribution in [0.5, 0.6) is 0 Å². The summed E-state index contributed by atoms with van der Waals surface area (Å²) in [5, 5.41) is 17.7. The quantitative estimate of drug-likeness (QED) is 0.770. The number of aromatic nitrogens is 3. The summed E-state index contributed by atoms with van der Waals surface area (Å²) in [5.41, 5.74) is 1.15. The maximum atomic E-state index is 9.76. The van der Waals surface area contributed by atoms with Crippen LogP contribution in [0.3, 0.4) is 0 Å². The molecule has 2 rings (SSSR count). The van der Waals surface area contributed by atoms with E-state index in [4.69, 9.17) is 0 Å². The zero-order valence-electron chi connectivity index (χ0n) is 9.26. The number of aliphatic hydroxyl groups is 1. The highest BCUT2D eigenvalue weighted by atomic mass is 16.3. The predicted octanol–water partition coefficient (Wildman–Crippen LogP) is 1.39. The topological polar surface area (TPSA) is 50.9 Å². The van der Waals surface area contributed by atoms with Gasteiger partial charge in [0.2, 0.25) is 0 Å². The van der Waals surface area contributed by atoms with Gasteiger partial charge in [-0.15, -0.1) is 5.10 Å². The first kappa shape index (κ1) is 10.6. The van der Waals surface area contributed by atoms with E-state index in [0.717, 1.165) is 31.5 Å². The van der Waals surface area contributed by atoms with Gasteiger partial charge in [0.05, 0.1) is 18.0 Å². The van der Waals surface area contributed by atoms with E-state index >= 15 is 0 Å². The van der Waals surface area contributed by atoms with E-state index in [2.05, 4.69) is 17.2 Å². The molecule has 1 atom stereocenters. The fraction of sp³-hybridized carbons (Fsp3) is 0.818. The fourth-order valence-electron chi connectivity index (χ4n) is 1.89. The Labute approximate surface area is 90.3 Å². The third kappa shape index (κ3) is 2.78. The molecule has 4 heteroatoms. The van der Waals surface area contributed by atoms with E-state index < -0.39 is 0 Å². The van der Waals surface area contributed by atoms with Crippen molar-refractivity contribution >= 4 is 0 Å². The van der Waals surface area contributed by atoms with Crippen molar-refractivity contribution in [1.82, 2.24) is 15.0 Å². The van der Waals surface area contributed by atoms with Crippen molar-refractivity contribution in [3.05, 3.63) is 11.9 Å². The summed E-state index contributed by atoms with van der Waals surface area (Å²) >= 11 is 0. The minimum absolute atomic E-state index is 0.116. The lowest BCUT2D eigenvalue weighted by molar-refractivity contribution is 0.141. The summed E-state index contributed by atoms with van der Waals surface area (Å²) in [6.07, 6.45) is 6.92. The number of nitrogens with zero attached hydrogens (tertiary/aromatic N) is 3. The molecule has 0 radical (unpaired) electrons. The Balaban J connectivity index is 1.83. The Kier molecular flexibility index (Phi) is 3.36. The summed E-state index contributed by atoms with van der Waals surface area (Å²) in [4.78, 5) is 0. The van der Waals surface area contributed by atoms with E-state index in [1.165, 1.54) is 12.8 Å². The molecule has 84 valence electrons. The summed E-state index contributed by atoms with van der Waals surface area (Å²) in [5.74, 6) is 0.570. The smallest absolute Gasteiger partial charge is 0.0725 e. The van der Waals surface area contributed by atoms with E-state index in [0.29, 0.717) is 5.92 Å². The molecular formula is C11H19N3O. The third-order valence-corrected chi connectivity index (χ3v) is 3.00. The van der Waals surface area contributed by atoms with Crippen LogP contribution in [0.4, 0.5) is 0 Å². The Morgan fingerprint density at radius 3 is 3.07 bits per heavy atom. The van der Waals surface area contributed by atoms with Crippen LogP contribution in [0.25, 0.3) is 0 Å². The molecule has 1 aliphatic rings. The molecule has 0 aromatic carbocycles. The van der Waals surface area contributed by atoms with Crippen molar-refractivity contribution < 1.29 is 5.11 Å². The number of rotatable bonds is 6. The first-order chi connectivity index (χ1) is 7.31. The molecule has 1 heterocycles. The van der Waals surface area contributed by atoms with Gasteiger partial charge in [0.1, 0.15) is 0 Å². The van der Waals surface area contributed by atoms with Gasteiger partial charge in [-0.1, -0.05) is 12.1 Å². The molecule has 0 spiro atoms. The average Bonchev–Trinajstić information content (AvgIpc) is 2.99. The summed E-state index contributed by atoms with van der Waals surface area (Å²) in [7, 11) is 0. The van der Waals surface area contributed by atoms with Gasteiger partial charge in [0.15, 0.2) is 0 Å². The minimum Gasteiger partial charge on any atom is -0.393 e. The minimum atomic E-state index is -0.116. The fourth-order valence-corrected chi connectivity index (χ4v) is 1.89. The number of hydrogen-bond acceptors (Lipinski definition) is 3. The van der Waals surface area contributed by atoms with E-state index in [1.807, 2.05) is 10.9 Å². The van der Waals surface area contributed by atoms with Gasteiger partial charge < -0.3 is 5.11 Å². The molecule has 0 saturated heterocycles. The van der Waals surface area contributed by atoms with Gasteiger partial charge in [-0.2, -0.15) is 0 Å². The van der Waals surface area contributed by atoms with Crippen LogP contribution in [-0.2, 0) is 13.0 Å². The highest BCUT2D eigenvalue weighted by molar-refractivity contribution is 4.95. The Bertz CT molecular complexity index is 307. The molecule has 1 aromatic heterocycles. The van der Waals surface area contributed by atoms with E-state index in [1.54, 1.807) is 0 Å². The molecule has 15 heavy (non-hydrogen) atoms. The normalized spacial score (nSPS) is 18.0. The molecule has 1 fully saturated rings. The second-order valence-corrected chi connectivity index (χ2v) is 4.39. The standard InChI is InChI=1S/C11H19N3O/c1-2-7-14-10(8-12-13-14)5-6-11(15)9-3-4-9/h8-9,11,15H,2-7H2,1H3. The first-order valence-electron chi connectivity index (χ1n) is 5.86. The maximum Gasteiger partial charge on any atom is 0.0725 e. The Morgan fingerprint density at radius 2 is 2.40 bits per heavy atom. The van der Waals surface area contributed by atoms with Crippen LogP contribution in [0.1, 0.15) is 38.3 Å². The molecule has 0 amide bonds. The van der Waals surface area contributed by atoms with Crippen molar-refractivity contribution in [2.24, 2.45) is 5.92 Å². The second kappa shape index (κ2) is 4.75. The lowest BCUT2D eigenvalue weighted by Gasteiger charge is -2.09. The van der Waals surface area contributed by atoms with Gasteiger partial charge in [0, 0.05) is 6.54 Å². The Morgan fingerprint density at radius 1 is 1.60 bits per heavy atom. The zero-order valence-corrected chi connectivity index (χ0v) is 9.26. The largest absolute Gasteiger partial charge is 0.393 e. The number of aryl methyl sites for hydroxylation is 2. The SMILES string of the molecule is CCCn1nncc1CCC(O)C1CC1. The highest BCUT2D eigenvalue weighted by Crippen LogP contribution is 2.34. The molecule has 1 unspecified atom stereocenters. The molecule has 1 saturated carbocycles. The highest BCUT2D eigenvalue weighted by Gasteiger charge is 2.29. The molecule has 1 aromatic rings. The van der Waals surface area contributed by atoms with Gasteiger partial charge in [-0.3, -0.25) is 0 Å². The van der Waals surface area contributed by atoms with Crippen molar-refractivity contribution in [3.63, 3.8) is 0 Å². The monoisotopic (exact) mass is 209 g/mol. The zero-order chi connectivity index (χ0) is 10.7. The maximum absolute atomic E-state index is 9.76. The van der Waals surface area contributed by atoms with Gasteiger partial charge >= 0.3 is 0 Å².